The number of unbranched alkanes of at least 4 members (excludes halogenated alkanes) is 35. The van der Waals surface area contributed by atoms with E-state index < -0.39 is 59.8 Å². The molecule has 13 heteroatoms. The molecule has 0 amide bonds. The number of hydrogen-bond acceptors (Lipinski definition) is 11. The molecule has 4 N–H and O–H groups in total. The molecule has 0 aromatic carbocycles. The molecule has 1 heterocycles. The van der Waals surface area contributed by atoms with Crippen molar-refractivity contribution in [3.05, 3.63) is 0 Å². The Balaban J connectivity index is 2.32. The van der Waals surface area contributed by atoms with E-state index >= 15 is 0 Å². The van der Waals surface area contributed by atoms with Gasteiger partial charge in [-0.1, -0.05) is 239 Å². The van der Waals surface area contributed by atoms with E-state index in [9.17, 15) is 33.1 Å². The lowest BCUT2D eigenvalue weighted by Crippen LogP contribution is -2.60. The molecule has 0 aliphatic carbocycles. The Kier molecular flexibility index (Phi) is 41.4. The van der Waals surface area contributed by atoms with Crippen LogP contribution in [0.25, 0.3) is 0 Å². The lowest BCUT2D eigenvalue weighted by atomic mass is 9.99. The van der Waals surface area contributed by atoms with Crippen molar-refractivity contribution >= 4 is 16.4 Å². The van der Waals surface area contributed by atoms with Gasteiger partial charge < -0.3 is 34.3 Å². The van der Waals surface area contributed by atoms with Crippen molar-refractivity contribution in [2.45, 2.75) is 295 Å². The monoisotopic (exact) mass is 937 g/mol. The summed E-state index contributed by atoms with van der Waals surface area (Å²) in [6.07, 6.45) is 38.5. The molecule has 1 fully saturated rings. The fourth-order valence-corrected chi connectivity index (χ4v) is 9.18. The van der Waals surface area contributed by atoms with Crippen LogP contribution < -0.4 is 0 Å². The molecule has 12 nitrogen and oxygen atoms in total. The third kappa shape index (κ3) is 36.2. The summed E-state index contributed by atoms with van der Waals surface area (Å²) < 4.78 is 59.3. The summed E-state index contributed by atoms with van der Waals surface area (Å²) >= 11 is 0. The molecule has 0 radical (unpaired) electrons. The van der Waals surface area contributed by atoms with Crippen LogP contribution in [-0.4, -0.2) is 97.5 Å². The van der Waals surface area contributed by atoms with Crippen molar-refractivity contribution in [2.75, 3.05) is 26.4 Å². The Morgan fingerprint density at radius 3 is 1.25 bits per heavy atom. The van der Waals surface area contributed by atoms with Gasteiger partial charge in [-0.15, -0.1) is 0 Å². The fraction of sp³-hybridized carbons (Fsp3) is 0.980. The molecule has 0 spiro atoms. The SMILES string of the molecule is CCCCCCCCCCCCCCCCCCCCCC(=O)OC(COCCCCCCCCCCCCCCCCCCCC)COC1OC(CO)C(O)C(OS(=O)(=O)O)C1O. The average Bonchev–Trinajstić information content (AvgIpc) is 3.27. The van der Waals surface area contributed by atoms with Crippen molar-refractivity contribution in [1.29, 1.82) is 0 Å². The first kappa shape index (κ1) is 61.1. The van der Waals surface area contributed by atoms with E-state index in [-0.39, 0.29) is 19.6 Å². The number of ether oxygens (including phenoxy) is 4. The van der Waals surface area contributed by atoms with E-state index in [0.29, 0.717) is 13.0 Å². The minimum atomic E-state index is -5.06. The zero-order valence-corrected chi connectivity index (χ0v) is 41.9. The first-order valence-corrected chi connectivity index (χ1v) is 28.2. The molecule has 0 bridgehead atoms. The highest BCUT2D eigenvalue weighted by Crippen LogP contribution is 2.26. The van der Waals surface area contributed by atoms with Gasteiger partial charge >= 0.3 is 16.4 Å². The van der Waals surface area contributed by atoms with Gasteiger partial charge in [-0.05, 0) is 12.8 Å². The normalized spacial score (nSPS) is 19.6. The number of carbonyl (C=O) groups excluding carboxylic acids is 1. The van der Waals surface area contributed by atoms with Gasteiger partial charge in [-0.2, -0.15) is 8.42 Å². The molecule has 0 saturated carbocycles. The lowest BCUT2D eigenvalue weighted by Gasteiger charge is -2.41. The van der Waals surface area contributed by atoms with Gasteiger partial charge in [0.2, 0.25) is 0 Å². The maximum atomic E-state index is 12.9. The van der Waals surface area contributed by atoms with Crippen LogP contribution in [0, 0.1) is 0 Å². The summed E-state index contributed by atoms with van der Waals surface area (Å²) in [5.41, 5.74) is 0. The second-order valence-corrected chi connectivity index (χ2v) is 19.9. The highest BCUT2D eigenvalue weighted by Gasteiger charge is 2.48. The Bertz CT molecular complexity index is 1130. The van der Waals surface area contributed by atoms with Crippen molar-refractivity contribution in [1.82, 2.24) is 0 Å². The van der Waals surface area contributed by atoms with Crippen LogP contribution >= 0.6 is 0 Å². The highest BCUT2D eigenvalue weighted by molar-refractivity contribution is 7.80. The first-order chi connectivity index (χ1) is 31.1. The summed E-state index contributed by atoms with van der Waals surface area (Å²) in [6, 6.07) is 0. The zero-order valence-electron chi connectivity index (χ0n) is 41.1. The van der Waals surface area contributed by atoms with E-state index in [2.05, 4.69) is 18.0 Å². The molecule has 0 aromatic rings. The largest absolute Gasteiger partial charge is 0.457 e. The van der Waals surface area contributed by atoms with Gasteiger partial charge in [-0.3, -0.25) is 9.35 Å². The smallest absolute Gasteiger partial charge is 0.397 e. The van der Waals surface area contributed by atoms with Gasteiger partial charge in [0, 0.05) is 13.0 Å². The molecule has 64 heavy (non-hydrogen) atoms. The van der Waals surface area contributed by atoms with E-state index in [0.717, 1.165) is 38.5 Å². The third-order valence-corrected chi connectivity index (χ3v) is 13.2. The minimum Gasteiger partial charge on any atom is -0.457 e. The van der Waals surface area contributed by atoms with Crippen molar-refractivity contribution in [2.24, 2.45) is 0 Å². The minimum absolute atomic E-state index is 0.0453. The van der Waals surface area contributed by atoms with Crippen molar-refractivity contribution in [3.8, 4) is 0 Å². The summed E-state index contributed by atoms with van der Waals surface area (Å²) in [5, 5.41) is 30.8. The number of esters is 1. The van der Waals surface area contributed by atoms with E-state index in [1.807, 2.05) is 0 Å². The molecule has 6 atom stereocenters. The Morgan fingerprint density at radius 2 is 0.891 bits per heavy atom. The summed E-state index contributed by atoms with van der Waals surface area (Å²) in [5.74, 6) is -0.390. The second kappa shape index (κ2) is 43.4. The average molecular weight is 937 g/mol. The van der Waals surface area contributed by atoms with E-state index in [1.54, 1.807) is 0 Å². The summed E-state index contributed by atoms with van der Waals surface area (Å²) in [6.45, 7) is 4.06. The standard InChI is InChI=1S/C51H100O12S/c1-3-5-7-9-11-13-15-17-19-21-23-24-26-28-30-32-34-36-38-40-47(53)61-45(44-60-51-49(55)50(63-64(56,57)58)48(54)46(42-52)62-51)43-59-41-39-37-35-33-31-29-27-25-22-20-18-16-14-12-10-8-6-4-2/h45-46,48-52,54-55H,3-44H2,1-2H3,(H,56,57,58). The van der Waals surface area contributed by atoms with E-state index in [4.69, 9.17) is 18.9 Å². The quantitative estimate of drug-likeness (QED) is 0.0258. The van der Waals surface area contributed by atoms with Gasteiger partial charge in [0.1, 0.15) is 30.5 Å². The predicted octanol–water partition coefficient (Wildman–Crippen LogP) is 12.4. The van der Waals surface area contributed by atoms with Gasteiger partial charge in [-0.25, -0.2) is 4.18 Å². The second-order valence-electron chi connectivity index (χ2n) is 18.8. The summed E-state index contributed by atoms with van der Waals surface area (Å²) in [4.78, 5) is 12.9. The first-order valence-electron chi connectivity index (χ1n) is 26.8. The molecule has 1 aliphatic rings. The number of aliphatic hydroxyl groups excluding tert-OH is 3. The molecule has 1 aliphatic heterocycles. The van der Waals surface area contributed by atoms with E-state index in [1.165, 1.54) is 193 Å². The number of aliphatic hydroxyl groups is 3. The Morgan fingerprint density at radius 1 is 0.531 bits per heavy atom. The lowest BCUT2D eigenvalue weighted by molar-refractivity contribution is -0.301. The number of carbonyl (C=O) groups is 1. The predicted molar refractivity (Wildman–Crippen MR) is 258 cm³/mol. The van der Waals surface area contributed by atoms with Gasteiger partial charge in [0.05, 0.1) is 19.8 Å². The Labute approximate surface area is 392 Å². The summed E-state index contributed by atoms with van der Waals surface area (Å²) in [7, 11) is -5.06. The third-order valence-electron chi connectivity index (χ3n) is 12.7. The van der Waals surface area contributed by atoms with Crippen LogP contribution in [0.4, 0.5) is 0 Å². The highest BCUT2D eigenvalue weighted by atomic mass is 32.3. The van der Waals surface area contributed by atoms with Crippen molar-refractivity contribution < 1.29 is 56.2 Å². The van der Waals surface area contributed by atoms with Gasteiger partial charge in [0.25, 0.3) is 0 Å². The van der Waals surface area contributed by atoms with Crippen LogP contribution in [0.2, 0.25) is 0 Å². The van der Waals surface area contributed by atoms with Crippen LogP contribution in [0.5, 0.6) is 0 Å². The van der Waals surface area contributed by atoms with Crippen LogP contribution in [-0.2, 0) is 38.3 Å². The van der Waals surface area contributed by atoms with Crippen LogP contribution in [0.15, 0.2) is 0 Å². The van der Waals surface area contributed by atoms with Crippen LogP contribution in [0.3, 0.4) is 0 Å². The fourth-order valence-electron chi connectivity index (χ4n) is 8.68. The Hall–Kier alpha value is -0.900. The van der Waals surface area contributed by atoms with Gasteiger partial charge in [0.15, 0.2) is 6.29 Å². The molecule has 1 rings (SSSR count). The molecule has 0 aromatic heterocycles. The zero-order chi connectivity index (χ0) is 46.8. The number of hydrogen-bond donors (Lipinski definition) is 4. The molecule has 1 saturated heterocycles. The van der Waals surface area contributed by atoms with Crippen LogP contribution in [0.1, 0.15) is 258 Å². The topological polar surface area (TPSA) is 178 Å². The number of rotatable bonds is 48. The maximum Gasteiger partial charge on any atom is 0.397 e. The molecular weight excluding hydrogens is 837 g/mol. The maximum absolute atomic E-state index is 12.9. The molecular formula is C51H100O12S. The molecule has 382 valence electrons. The van der Waals surface area contributed by atoms with Crippen molar-refractivity contribution in [3.63, 3.8) is 0 Å². The molecule has 6 unspecified atom stereocenters.